The second-order valence-corrected chi connectivity index (χ2v) is 4.16. The molecule has 0 spiro atoms. The molecule has 0 aromatic carbocycles. The Hall–Kier alpha value is -1.00. The molecule has 1 aromatic heterocycles. The van der Waals surface area contributed by atoms with Gasteiger partial charge in [0.15, 0.2) is 0 Å². The van der Waals surface area contributed by atoms with Crippen LogP contribution in [0.4, 0.5) is 0 Å². The van der Waals surface area contributed by atoms with Gasteiger partial charge in [0.05, 0.1) is 11.6 Å². The molecule has 1 atom stereocenters. The molecule has 0 saturated heterocycles. The first kappa shape index (κ1) is 10.5. The average Bonchev–Trinajstić information content (AvgIpc) is 2.24. The Morgan fingerprint density at radius 2 is 2.13 bits per heavy atom. The Bertz CT molecular complexity index is 305. The molecule has 0 bridgehead atoms. The van der Waals surface area contributed by atoms with Gasteiger partial charge in [-0.2, -0.15) is 0 Å². The number of rotatable bonds is 4. The third-order valence-corrected chi connectivity index (χ3v) is 3.21. The maximum absolute atomic E-state index is 6.06. The van der Waals surface area contributed by atoms with Crippen molar-refractivity contribution in [2.24, 2.45) is 5.73 Å². The van der Waals surface area contributed by atoms with E-state index in [1.54, 1.807) is 25.6 Å². The van der Waals surface area contributed by atoms with Crippen LogP contribution >= 0.6 is 0 Å². The van der Waals surface area contributed by atoms with E-state index in [1.807, 2.05) is 0 Å². The average molecular weight is 207 g/mol. The Kier molecular flexibility index (Phi) is 2.98. The van der Waals surface area contributed by atoms with Gasteiger partial charge in [0.2, 0.25) is 0 Å². The molecule has 1 aromatic rings. The smallest absolute Gasteiger partial charge is 0.144 e. The van der Waals surface area contributed by atoms with E-state index in [0.717, 1.165) is 19.3 Å². The summed E-state index contributed by atoms with van der Waals surface area (Å²) in [7, 11) is 1.76. The van der Waals surface area contributed by atoms with Gasteiger partial charge in [-0.3, -0.25) is 0 Å². The minimum atomic E-state index is -0.119. The van der Waals surface area contributed by atoms with Crippen LogP contribution in [0.25, 0.3) is 0 Å². The molecule has 2 N–H and O–H groups in total. The molecule has 2 rings (SSSR count). The van der Waals surface area contributed by atoms with Crippen molar-refractivity contribution in [3.8, 4) is 0 Å². The molecular weight excluding hydrogens is 190 g/mol. The van der Waals surface area contributed by atoms with Gasteiger partial charge in [0.1, 0.15) is 5.82 Å². The van der Waals surface area contributed by atoms with Crippen molar-refractivity contribution in [3.05, 3.63) is 24.3 Å². The van der Waals surface area contributed by atoms with Gasteiger partial charge in [0, 0.05) is 19.5 Å². The molecule has 1 aliphatic carbocycles. The van der Waals surface area contributed by atoms with Gasteiger partial charge in [0.25, 0.3) is 0 Å². The number of ether oxygens (including phenoxy) is 1. The van der Waals surface area contributed by atoms with E-state index < -0.39 is 0 Å². The Balaban J connectivity index is 2.00. The van der Waals surface area contributed by atoms with Crippen molar-refractivity contribution in [1.82, 2.24) is 9.97 Å². The lowest BCUT2D eigenvalue weighted by Crippen LogP contribution is -2.42. The lowest BCUT2D eigenvalue weighted by molar-refractivity contribution is -0.0821. The van der Waals surface area contributed by atoms with E-state index in [-0.39, 0.29) is 11.6 Å². The molecule has 0 radical (unpaired) electrons. The van der Waals surface area contributed by atoms with E-state index in [0.29, 0.717) is 5.82 Å². The second kappa shape index (κ2) is 4.24. The summed E-state index contributed by atoms with van der Waals surface area (Å²) in [5.41, 5.74) is 6.05. The van der Waals surface area contributed by atoms with Gasteiger partial charge in [-0.25, -0.2) is 9.97 Å². The normalized spacial score (nSPS) is 20.7. The van der Waals surface area contributed by atoms with Crippen molar-refractivity contribution >= 4 is 0 Å². The van der Waals surface area contributed by atoms with E-state index in [1.165, 1.54) is 6.42 Å². The minimum Gasteiger partial charge on any atom is -0.378 e. The zero-order valence-corrected chi connectivity index (χ0v) is 9.02. The summed E-state index contributed by atoms with van der Waals surface area (Å²) in [6.07, 6.45) is 7.70. The topological polar surface area (TPSA) is 61.0 Å². The zero-order valence-electron chi connectivity index (χ0n) is 9.02. The van der Waals surface area contributed by atoms with Crippen LogP contribution in [0.2, 0.25) is 0 Å². The largest absolute Gasteiger partial charge is 0.378 e. The lowest BCUT2D eigenvalue weighted by Gasteiger charge is -2.41. The van der Waals surface area contributed by atoms with Crippen molar-refractivity contribution in [2.75, 3.05) is 7.11 Å². The van der Waals surface area contributed by atoms with Crippen LogP contribution in [0.15, 0.2) is 18.5 Å². The van der Waals surface area contributed by atoms with E-state index in [4.69, 9.17) is 10.5 Å². The van der Waals surface area contributed by atoms with Crippen molar-refractivity contribution < 1.29 is 4.74 Å². The molecule has 1 unspecified atom stereocenters. The monoisotopic (exact) mass is 207 g/mol. The van der Waals surface area contributed by atoms with Crippen LogP contribution in [0.3, 0.4) is 0 Å². The molecule has 0 aliphatic heterocycles. The SMILES string of the molecule is COC1(CC(N)c2ncccn2)CCC1. The highest BCUT2D eigenvalue weighted by Gasteiger charge is 2.39. The molecule has 1 aliphatic rings. The Labute approximate surface area is 89.9 Å². The Morgan fingerprint density at radius 3 is 2.60 bits per heavy atom. The maximum Gasteiger partial charge on any atom is 0.144 e. The number of aromatic nitrogens is 2. The number of hydrogen-bond donors (Lipinski definition) is 1. The van der Waals surface area contributed by atoms with Crippen LogP contribution in [0.1, 0.15) is 37.5 Å². The number of methoxy groups -OCH3 is 1. The van der Waals surface area contributed by atoms with Gasteiger partial charge in [-0.15, -0.1) is 0 Å². The fraction of sp³-hybridized carbons (Fsp3) is 0.636. The molecule has 15 heavy (non-hydrogen) atoms. The highest BCUT2D eigenvalue weighted by Crippen LogP contribution is 2.40. The molecule has 1 heterocycles. The quantitative estimate of drug-likeness (QED) is 0.811. The van der Waals surface area contributed by atoms with Crippen molar-refractivity contribution in [1.29, 1.82) is 0 Å². The molecular formula is C11H17N3O. The summed E-state index contributed by atoms with van der Waals surface area (Å²) in [5, 5.41) is 0. The molecule has 82 valence electrons. The predicted octanol–water partition coefficient (Wildman–Crippen LogP) is 1.44. The van der Waals surface area contributed by atoms with Crippen LogP contribution < -0.4 is 5.73 Å². The number of nitrogens with zero attached hydrogens (tertiary/aromatic N) is 2. The zero-order chi connectivity index (χ0) is 10.7. The van der Waals surface area contributed by atoms with Gasteiger partial charge in [-0.1, -0.05) is 0 Å². The fourth-order valence-corrected chi connectivity index (χ4v) is 2.06. The predicted molar refractivity (Wildman–Crippen MR) is 57.2 cm³/mol. The molecule has 1 saturated carbocycles. The molecule has 4 heteroatoms. The summed E-state index contributed by atoms with van der Waals surface area (Å²) < 4.78 is 5.53. The van der Waals surface area contributed by atoms with Crippen LogP contribution in [0.5, 0.6) is 0 Å². The summed E-state index contributed by atoms with van der Waals surface area (Å²) in [6.45, 7) is 0. The van der Waals surface area contributed by atoms with E-state index in [9.17, 15) is 0 Å². The molecule has 1 fully saturated rings. The maximum atomic E-state index is 6.06. The first-order chi connectivity index (χ1) is 7.26. The molecule has 0 amide bonds. The highest BCUT2D eigenvalue weighted by atomic mass is 16.5. The number of nitrogens with two attached hydrogens (primary N) is 1. The Morgan fingerprint density at radius 1 is 1.47 bits per heavy atom. The summed E-state index contributed by atoms with van der Waals surface area (Å²) in [5.74, 6) is 0.709. The number of hydrogen-bond acceptors (Lipinski definition) is 4. The lowest BCUT2D eigenvalue weighted by atomic mass is 9.75. The van der Waals surface area contributed by atoms with Gasteiger partial charge in [-0.05, 0) is 31.7 Å². The third kappa shape index (κ3) is 2.16. The minimum absolute atomic E-state index is 0.0153. The van der Waals surface area contributed by atoms with Crippen LogP contribution in [0, 0.1) is 0 Å². The van der Waals surface area contributed by atoms with Crippen molar-refractivity contribution in [2.45, 2.75) is 37.3 Å². The summed E-state index contributed by atoms with van der Waals surface area (Å²) in [6, 6.07) is 1.68. The van der Waals surface area contributed by atoms with Crippen molar-refractivity contribution in [3.63, 3.8) is 0 Å². The highest BCUT2D eigenvalue weighted by molar-refractivity contribution is 5.00. The standard InChI is InChI=1S/C11H17N3O/c1-15-11(4-2-5-11)8-9(12)10-13-6-3-7-14-10/h3,6-7,9H,2,4-5,8,12H2,1H3. The first-order valence-corrected chi connectivity index (χ1v) is 5.33. The van der Waals surface area contributed by atoms with E-state index in [2.05, 4.69) is 9.97 Å². The third-order valence-electron chi connectivity index (χ3n) is 3.21. The van der Waals surface area contributed by atoms with Gasteiger partial charge < -0.3 is 10.5 Å². The summed E-state index contributed by atoms with van der Waals surface area (Å²) in [4.78, 5) is 8.33. The first-order valence-electron chi connectivity index (χ1n) is 5.33. The summed E-state index contributed by atoms with van der Waals surface area (Å²) >= 11 is 0. The second-order valence-electron chi connectivity index (χ2n) is 4.16. The van der Waals surface area contributed by atoms with Crippen LogP contribution in [-0.4, -0.2) is 22.7 Å². The van der Waals surface area contributed by atoms with E-state index >= 15 is 0 Å². The van der Waals surface area contributed by atoms with Crippen LogP contribution in [-0.2, 0) is 4.74 Å². The fourth-order valence-electron chi connectivity index (χ4n) is 2.06. The van der Waals surface area contributed by atoms with Gasteiger partial charge >= 0.3 is 0 Å². The molecule has 4 nitrogen and oxygen atoms in total.